The van der Waals surface area contributed by atoms with Crippen LogP contribution in [0.2, 0.25) is 5.02 Å². The predicted molar refractivity (Wildman–Crippen MR) is 69.0 cm³/mol. The molecule has 2 N–H and O–H groups in total. The van der Waals surface area contributed by atoms with E-state index in [4.69, 9.17) is 16.3 Å². The summed E-state index contributed by atoms with van der Waals surface area (Å²) in [6.07, 6.45) is 3.20. The fraction of sp³-hybridized carbons (Fsp3) is 0.538. The van der Waals surface area contributed by atoms with Crippen LogP contribution in [0.5, 0.6) is 11.5 Å². The number of nitrogens with one attached hydrogen (secondary N) is 1. The van der Waals surface area contributed by atoms with Crippen molar-refractivity contribution in [1.82, 2.24) is 5.32 Å². The summed E-state index contributed by atoms with van der Waals surface area (Å²) in [6, 6.07) is 3.41. The molecule has 0 aromatic heterocycles. The smallest absolute Gasteiger partial charge is 0.137 e. The van der Waals surface area contributed by atoms with Gasteiger partial charge in [0, 0.05) is 6.07 Å². The highest BCUT2D eigenvalue weighted by molar-refractivity contribution is 6.32. The fourth-order valence-corrected chi connectivity index (χ4v) is 2.54. The van der Waals surface area contributed by atoms with Gasteiger partial charge in [-0.2, -0.15) is 0 Å². The SMILES string of the molecule is COc1cc(CC2CCNCC2)c(O)cc1Cl. The van der Waals surface area contributed by atoms with E-state index in [0.29, 0.717) is 16.7 Å². The van der Waals surface area contributed by atoms with E-state index in [-0.39, 0.29) is 5.75 Å². The maximum atomic E-state index is 9.89. The Kier molecular flexibility index (Phi) is 4.13. The molecule has 0 amide bonds. The van der Waals surface area contributed by atoms with Gasteiger partial charge in [0.1, 0.15) is 11.5 Å². The largest absolute Gasteiger partial charge is 0.508 e. The third kappa shape index (κ3) is 3.05. The van der Waals surface area contributed by atoms with E-state index in [1.807, 2.05) is 6.07 Å². The van der Waals surface area contributed by atoms with Gasteiger partial charge in [-0.3, -0.25) is 0 Å². The van der Waals surface area contributed by atoms with E-state index >= 15 is 0 Å². The average molecular weight is 256 g/mol. The summed E-state index contributed by atoms with van der Waals surface area (Å²) in [4.78, 5) is 0. The molecule has 0 unspecified atom stereocenters. The van der Waals surface area contributed by atoms with Crippen molar-refractivity contribution >= 4 is 11.6 Å². The molecular weight excluding hydrogens is 238 g/mol. The van der Waals surface area contributed by atoms with E-state index in [1.54, 1.807) is 13.2 Å². The minimum absolute atomic E-state index is 0.273. The quantitative estimate of drug-likeness (QED) is 0.872. The highest BCUT2D eigenvalue weighted by Gasteiger charge is 2.16. The number of hydrogen-bond donors (Lipinski definition) is 2. The Balaban J connectivity index is 2.13. The first-order valence-electron chi connectivity index (χ1n) is 5.97. The van der Waals surface area contributed by atoms with Gasteiger partial charge in [-0.05, 0) is 49.9 Å². The topological polar surface area (TPSA) is 41.5 Å². The van der Waals surface area contributed by atoms with Crippen LogP contribution < -0.4 is 10.1 Å². The number of hydrogen-bond acceptors (Lipinski definition) is 3. The molecule has 1 fully saturated rings. The van der Waals surface area contributed by atoms with Crippen LogP contribution in [0.15, 0.2) is 12.1 Å². The molecule has 17 heavy (non-hydrogen) atoms. The van der Waals surface area contributed by atoms with Crippen LogP contribution in [0.4, 0.5) is 0 Å². The van der Waals surface area contributed by atoms with E-state index < -0.39 is 0 Å². The van der Waals surface area contributed by atoms with Crippen molar-refractivity contribution in [2.24, 2.45) is 5.92 Å². The van der Waals surface area contributed by atoms with E-state index in [1.165, 1.54) is 0 Å². The molecule has 4 heteroatoms. The Labute approximate surface area is 107 Å². The molecule has 0 radical (unpaired) electrons. The zero-order valence-electron chi connectivity index (χ0n) is 10.0. The standard InChI is InChI=1S/C13H18ClNO2/c1-17-13-7-10(12(16)8-11(13)14)6-9-2-4-15-5-3-9/h7-9,15-16H,2-6H2,1H3. The van der Waals surface area contributed by atoms with E-state index in [9.17, 15) is 5.11 Å². The molecule has 1 heterocycles. The van der Waals surface area contributed by atoms with Crippen molar-refractivity contribution in [2.45, 2.75) is 19.3 Å². The number of aromatic hydroxyl groups is 1. The summed E-state index contributed by atoms with van der Waals surface area (Å²) >= 11 is 5.95. The molecule has 3 nitrogen and oxygen atoms in total. The summed E-state index contributed by atoms with van der Waals surface area (Å²) in [5, 5.41) is 13.7. The van der Waals surface area contributed by atoms with Gasteiger partial charge in [-0.1, -0.05) is 11.6 Å². The van der Waals surface area contributed by atoms with Crippen LogP contribution >= 0.6 is 11.6 Å². The lowest BCUT2D eigenvalue weighted by Gasteiger charge is -2.23. The lowest BCUT2D eigenvalue weighted by molar-refractivity contribution is 0.364. The Morgan fingerprint density at radius 3 is 2.76 bits per heavy atom. The average Bonchev–Trinajstić information content (AvgIpc) is 2.34. The van der Waals surface area contributed by atoms with Gasteiger partial charge in [0.2, 0.25) is 0 Å². The Bertz CT molecular complexity index is 389. The van der Waals surface area contributed by atoms with Crippen molar-refractivity contribution in [3.8, 4) is 11.5 Å². The number of rotatable bonds is 3. The van der Waals surface area contributed by atoms with Gasteiger partial charge in [-0.25, -0.2) is 0 Å². The van der Waals surface area contributed by atoms with Gasteiger partial charge < -0.3 is 15.2 Å². The van der Waals surface area contributed by atoms with Gasteiger partial charge in [0.05, 0.1) is 12.1 Å². The highest BCUT2D eigenvalue weighted by Crippen LogP contribution is 2.34. The third-order valence-corrected chi connectivity index (χ3v) is 3.62. The van der Waals surface area contributed by atoms with Crippen molar-refractivity contribution in [1.29, 1.82) is 0 Å². The van der Waals surface area contributed by atoms with Crippen LogP contribution in [-0.4, -0.2) is 25.3 Å². The van der Waals surface area contributed by atoms with Crippen LogP contribution in [0, 0.1) is 5.92 Å². The first-order chi connectivity index (χ1) is 8.20. The summed E-state index contributed by atoms with van der Waals surface area (Å²) in [7, 11) is 1.59. The molecule has 2 rings (SSSR count). The first kappa shape index (κ1) is 12.5. The normalized spacial score (nSPS) is 17.1. The van der Waals surface area contributed by atoms with Gasteiger partial charge in [0.25, 0.3) is 0 Å². The van der Waals surface area contributed by atoms with E-state index in [2.05, 4.69) is 5.32 Å². The lowest BCUT2D eigenvalue weighted by Crippen LogP contribution is -2.28. The minimum Gasteiger partial charge on any atom is -0.508 e. The van der Waals surface area contributed by atoms with Crippen LogP contribution in [0.25, 0.3) is 0 Å². The number of methoxy groups -OCH3 is 1. The van der Waals surface area contributed by atoms with E-state index in [0.717, 1.165) is 37.9 Å². The predicted octanol–water partition coefficient (Wildman–Crippen LogP) is 2.60. The number of ether oxygens (including phenoxy) is 1. The number of halogens is 1. The van der Waals surface area contributed by atoms with Crippen molar-refractivity contribution in [3.05, 3.63) is 22.7 Å². The van der Waals surface area contributed by atoms with Gasteiger partial charge in [-0.15, -0.1) is 0 Å². The molecule has 94 valence electrons. The molecule has 1 saturated heterocycles. The fourth-order valence-electron chi connectivity index (χ4n) is 2.30. The molecule has 0 saturated carbocycles. The molecule has 1 aliphatic rings. The summed E-state index contributed by atoms with van der Waals surface area (Å²) in [6.45, 7) is 2.13. The Morgan fingerprint density at radius 1 is 1.41 bits per heavy atom. The summed E-state index contributed by atoms with van der Waals surface area (Å²) in [5.41, 5.74) is 0.929. The number of phenolic OH excluding ortho intramolecular Hbond substituents is 1. The molecule has 0 spiro atoms. The number of benzene rings is 1. The molecule has 0 aliphatic carbocycles. The Morgan fingerprint density at radius 2 is 2.12 bits per heavy atom. The molecule has 1 aromatic carbocycles. The molecule has 0 atom stereocenters. The van der Waals surface area contributed by atoms with Crippen LogP contribution in [0.1, 0.15) is 18.4 Å². The zero-order chi connectivity index (χ0) is 12.3. The maximum Gasteiger partial charge on any atom is 0.137 e. The first-order valence-corrected chi connectivity index (χ1v) is 6.34. The number of phenols is 1. The van der Waals surface area contributed by atoms with Gasteiger partial charge in [0.15, 0.2) is 0 Å². The van der Waals surface area contributed by atoms with Crippen molar-refractivity contribution < 1.29 is 9.84 Å². The van der Waals surface area contributed by atoms with Gasteiger partial charge >= 0.3 is 0 Å². The third-order valence-electron chi connectivity index (χ3n) is 3.32. The molecule has 0 bridgehead atoms. The second-order valence-corrected chi connectivity index (χ2v) is 4.92. The summed E-state index contributed by atoms with van der Waals surface area (Å²) in [5.74, 6) is 1.54. The minimum atomic E-state index is 0.273. The Hall–Kier alpha value is -0.930. The molecule has 1 aromatic rings. The second kappa shape index (κ2) is 5.61. The van der Waals surface area contributed by atoms with Crippen molar-refractivity contribution in [3.63, 3.8) is 0 Å². The second-order valence-electron chi connectivity index (χ2n) is 4.51. The van der Waals surface area contributed by atoms with Crippen LogP contribution in [-0.2, 0) is 6.42 Å². The lowest BCUT2D eigenvalue weighted by atomic mass is 9.90. The highest BCUT2D eigenvalue weighted by atomic mass is 35.5. The van der Waals surface area contributed by atoms with Crippen molar-refractivity contribution in [2.75, 3.05) is 20.2 Å². The number of piperidine rings is 1. The summed E-state index contributed by atoms with van der Waals surface area (Å²) < 4.78 is 5.17. The zero-order valence-corrected chi connectivity index (χ0v) is 10.8. The molecular formula is C13H18ClNO2. The maximum absolute atomic E-state index is 9.89. The van der Waals surface area contributed by atoms with Crippen LogP contribution in [0.3, 0.4) is 0 Å². The monoisotopic (exact) mass is 255 g/mol. The molecule has 1 aliphatic heterocycles.